The number of carbonyl (C=O) groups excluding carboxylic acids is 2. The molecule has 0 radical (unpaired) electrons. The topological polar surface area (TPSA) is 70.0 Å². The summed E-state index contributed by atoms with van der Waals surface area (Å²) in [6, 6.07) is 40.6. The Morgan fingerprint density at radius 2 is 1.48 bits per heavy atom. The fraction of sp³-hybridized carbons (Fsp3) is 0.171. The van der Waals surface area contributed by atoms with Crippen molar-refractivity contribution in [1.29, 1.82) is 0 Å². The molecule has 0 amide bonds. The van der Waals surface area contributed by atoms with Crippen LogP contribution >= 0.6 is 0 Å². The Bertz CT molecular complexity index is 2100. The van der Waals surface area contributed by atoms with Crippen LogP contribution in [-0.2, 0) is 28.4 Å². The van der Waals surface area contributed by atoms with Crippen LogP contribution in [-0.4, -0.2) is 23.1 Å². The summed E-state index contributed by atoms with van der Waals surface area (Å²) in [6.07, 6.45) is 0. The Morgan fingerprint density at radius 1 is 0.812 bits per heavy atom. The Labute approximate surface area is 279 Å². The van der Waals surface area contributed by atoms with E-state index >= 15 is 0 Å². The van der Waals surface area contributed by atoms with Gasteiger partial charge in [-0.1, -0.05) is 72.8 Å². The lowest BCUT2D eigenvalue weighted by Crippen LogP contribution is -2.45. The van der Waals surface area contributed by atoms with E-state index in [2.05, 4.69) is 35.4 Å². The van der Waals surface area contributed by atoms with E-state index in [1.54, 1.807) is 12.1 Å². The van der Waals surface area contributed by atoms with E-state index in [4.69, 9.17) is 14.2 Å². The van der Waals surface area contributed by atoms with E-state index in [-0.39, 0.29) is 12.2 Å². The molecule has 5 aromatic carbocycles. The molecule has 2 heterocycles. The molecule has 0 fully saturated rings. The number of cyclic esters (lactones) is 1. The highest BCUT2D eigenvalue weighted by Crippen LogP contribution is 2.53. The fourth-order valence-electron chi connectivity index (χ4n) is 6.86. The molecule has 7 nitrogen and oxygen atoms in total. The Balaban J connectivity index is 1.46. The molecule has 1 aliphatic heterocycles. The Kier molecular flexibility index (Phi) is 8.19. The minimum Gasteiger partial charge on any atom is -0.494 e. The van der Waals surface area contributed by atoms with Gasteiger partial charge in [-0.3, -0.25) is 4.90 Å². The summed E-state index contributed by atoms with van der Waals surface area (Å²) in [6.45, 7) is 7.53. The molecule has 6 aromatic rings. The molecule has 0 bridgehead atoms. The van der Waals surface area contributed by atoms with Crippen molar-refractivity contribution in [3.8, 4) is 5.75 Å². The number of hydrogen-bond acceptors (Lipinski definition) is 6. The summed E-state index contributed by atoms with van der Waals surface area (Å²) in [5, 5.41) is 0.968. The average Bonchev–Trinajstić information content (AvgIpc) is 3.58. The van der Waals surface area contributed by atoms with Crippen LogP contribution in [0.15, 0.2) is 127 Å². The third-order valence-electron chi connectivity index (χ3n) is 8.91. The quantitative estimate of drug-likeness (QED) is 0.140. The first-order chi connectivity index (χ1) is 23.5. The largest absolute Gasteiger partial charge is 0.494 e. The molecule has 0 saturated carbocycles. The second-order valence-electron chi connectivity index (χ2n) is 11.7. The van der Waals surface area contributed by atoms with E-state index in [1.165, 1.54) is 0 Å². The first-order valence-electron chi connectivity index (χ1n) is 16.2. The van der Waals surface area contributed by atoms with E-state index < -0.39 is 17.7 Å². The highest BCUT2D eigenvalue weighted by molar-refractivity contribution is 6.02. The van der Waals surface area contributed by atoms with Gasteiger partial charge >= 0.3 is 11.9 Å². The van der Waals surface area contributed by atoms with Gasteiger partial charge in [-0.15, -0.1) is 0 Å². The van der Waals surface area contributed by atoms with Crippen LogP contribution in [0.25, 0.3) is 10.9 Å². The normalized spacial score (nSPS) is 15.2. The van der Waals surface area contributed by atoms with Gasteiger partial charge in [0.1, 0.15) is 12.4 Å². The number of fused-ring (bicyclic) bond motifs is 2. The summed E-state index contributed by atoms with van der Waals surface area (Å²) in [5.41, 5.74) is 5.14. The molecule has 7 rings (SSSR count). The third-order valence-corrected chi connectivity index (χ3v) is 8.91. The standard InChI is InChI=1S/C41H36N2O5/c1-4-42-28(3)38(34-18-12-13-19-37(34)42)41(43(31-16-10-7-11-17-31)32-21-23-33(24-22-32)46-5-2)36-25-20-30(26-35(36)40(45)48-41)39(44)47-27-29-14-8-6-9-15-29/h6-26H,4-5,27H2,1-3H3. The molecule has 1 aromatic heterocycles. The maximum atomic E-state index is 14.2. The van der Waals surface area contributed by atoms with Crippen LogP contribution in [0.1, 0.15) is 56.9 Å². The lowest BCUT2D eigenvalue weighted by molar-refractivity contribution is 0.0136. The molecular weight excluding hydrogens is 600 g/mol. The van der Waals surface area contributed by atoms with Gasteiger partial charge in [0.15, 0.2) is 0 Å². The lowest BCUT2D eigenvalue weighted by atomic mass is 9.87. The van der Waals surface area contributed by atoms with Gasteiger partial charge in [0.25, 0.3) is 0 Å². The minimum absolute atomic E-state index is 0.125. The van der Waals surface area contributed by atoms with Crippen molar-refractivity contribution in [2.75, 3.05) is 11.5 Å². The second-order valence-corrected chi connectivity index (χ2v) is 11.7. The maximum absolute atomic E-state index is 14.2. The van der Waals surface area contributed by atoms with E-state index in [1.807, 2.05) is 110 Å². The van der Waals surface area contributed by atoms with Crippen molar-refractivity contribution in [1.82, 2.24) is 4.57 Å². The SMILES string of the molecule is CCOc1ccc(N(c2ccccc2)C2(c3c(C)n(CC)c4ccccc34)OC(=O)c3cc(C(=O)OCc4ccccc4)ccc32)cc1. The number of anilines is 2. The molecule has 48 heavy (non-hydrogen) atoms. The van der Waals surface area contributed by atoms with Gasteiger partial charge in [0, 0.05) is 40.1 Å². The smallest absolute Gasteiger partial charge is 0.341 e. The number of aryl methyl sites for hydroxylation is 1. The van der Waals surface area contributed by atoms with Crippen molar-refractivity contribution in [2.24, 2.45) is 0 Å². The van der Waals surface area contributed by atoms with E-state index in [0.717, 1.165) is 51.4 Å². The monoisotopic (exact) mass is 636 g/mol. The van der Waals surface area contributed by atoms with Gasteiger partial charge in [0.05, 0.1) is 23.3 Å². The van der Waals surface area contributed by atoms with Gasteiger partial charge in [-0.05, 0) is 80.9 Å². The number of rotatable bonds is 10. The van der Waals surface area contributed by atoms with Crippen LogP contribution in [0.2, 0.25) is 0 Å². The number of benzene rings is 5. The van der Waals surface area contributed by atoms with Crippen molar-refractivity contribution >= 4 is 34.2 Å². The highest BCUT2D eigenvalue weighted by atomic mass is 16.6. The first kappa shape index (κ1) is 30.8. The number of aromatic nitrogens is 1. The highest BCUT2D eigenvalue weighted by Gasteiger charge is 2.55. The van der Waals surface area contributed by atoms with Crippen LogP contribution in [0.4, 0.5) is 11.4 Å². The summed E-state index contributed by atoms with van der Waals surface area (Å²) in [7, 11) is 0. The predicted molar refractivity (Wildman–Crippen MR) is 187 cm³/mol. The molecule has 7 heteroatoms. The zero-order valence-electron chi connectivity index (χ0n) is 27.2. The number of esters is 2. The molecule has 1 unspecified atom stereocenters. The predicted octanol–water partition coefficient (Wildman–Crippen LogP) is 8.94. The van der Waals surface area contributed by atoms with E-state index in [9.17, 15) is 9.59 Å². The van der Waals surface area contributed by atoms with Crippen LogP contribution in [0.5, 0.6) is 5.75 Å². The van der Waals surface area contributed by atoms with Crippen LogP contribution < -0.4 is 9.64 Å². The summed E-state index contributed by atoms with van der Waals surface area (Å²) in [4.78, 5) is 29.6. The van der Waals surface area contributed by atoms with Crippen molar-refractivity contribution in [2.45, 2.75) is 39.6 Å². The maximum Gasteiger partial charge on any atom is 0.341 e. The summed E-state index contributed by atoms with van der Waals surface area (Å²) < 4.78 is 20.4. The molecule has 1 aliphatic rings. The molecule has 0 aliphatic carbocycles. The molecule has 0 N–H and O–H groups in total. The first-order valence-corrected chi connectivity index (χ1v) is 16.2. The van der Waals surface area contributed by atoms with Crippen molar-refractivity contribution < 1.29 is 23.8 Å². The van der Waals surface area contributed by atoms with Crippen LogP contribution in [0.3, 0.4) is 0 Å². The molecule has 0 spiro atoms. The fourth-order valence-corrected chi connectivity index (χ4v) is 6.86. The number of ether oxygens (including phenoxy) is 3. The van der Waals surface area contributed by atoms with E-state index in [0.29, 0.717) is 17.7 Å². The van der Waals surface area contributed by atoms with Crippen LogP contribution in [0, 0.1) is 6.92 Å². The van der Waals surface area contributed by atoms with Gasteiger partial charge in [0.2, 0.25) is 5.72 Å². The summed E-state index contributed by atoms with van der Waals surface area (Å²) in [5.74, 6) is -0.302. The number of carbonyl (C=O) groups is 2. The van der Waals surface area contributed by atoms with Crippen molar-refractivity contribution in [3.05, 3.63) is 161 Å². The van der Waals surface area contributed by atoms with Gasteiger partial charge in [-0.25, -0.2) is 9.59 Å². The average molecular weight is 637 g/mol. The molecule has 1 atom stereocenters. The number of para-hydroxylation sites is 2. The molecular formula is C41H36N2O5. The zero-order chi connectivity index (χ0) is 33.3. The second kappa shape index (κ2) is 12.8. The Morgan fingerprint density at radius 3 is 2.19 bits per heavy atom. The van der Waals surface area contributed by atoms with Gasteiger partial charge < -0.3 is 18.8 Å². The van der Waals surface area contributed by atoms with Crippen molar-refractivity contribution in [3.63, 3.8) is 0 Å². The molecule has 0 saturated heterocycles. The molecule has 240 valence electrons. The summed E-state index contributed by atoms with van der Waals surface area (Å²) >= 11 is 0. The van der Waals surface area contributed by atoms with Gasteiger partial charge in [-0.2, -0.15) is 0 Å². The Hall–Kier alpha value is -5.82. The number of nitrogens with zero attached hydrogens (tertiary/aromatic N) is 2. The third kappa shape index (κ3) is 5.17. The minimum atomic E-state index is -1.43. The number of hydrogen-bond donors (Lipinski definition) is 0. The zero-order valence-corrected chi connectivity index (χ0v) is 27.2. The lowest BCUT2D eigenvalue weighted by Gasteiger charge is -2.42.